The van der Waals surface area contributed by atoms with Crippen LogP contribution in [-0.2, 0) is 4.79 Å². The highest BCUT2D eigenvalue weighted by molar-refractivity contribution is 14.1. The number of halogens is 3. The molecule has 39 heavy (non-hydrogen) atoms. The van der Waals surface area contributed by atoms with Gasteiger partial charge >= 0.3 is 0 Å². The Morgan fingerprint density at radius 2 is 1.95 bits per heavy atom. The van der Waals surface area contributed by atoms with Crippen LogP contribution in [0.15, 0.2) is 49.2 Å². The van der Waals surface area contributed by atoms with E-state index in [-0.39, 0.29) is 46.4 Å². The molecule has 0 unspecified atom stereocenters. The van der Waals surface area contributed by atoms with Gasteiger partial charge in [-0.25, -0.2) is 28.4 Å². The first-order valence-electron chi connectivity index (χ1n) is 12.1. The molecule has 0 spiro atoms. The van der Waals surface area contributed by atoms with Crippen molar-refractivity contribution in [3.63, 3.8) is 0 Å². The third kappa shape index (κ3) is 4.39. The Hall–Kier alpha value is -4.01. The van der Waals surface area contributed by atoms with Gasteiger partial charge in [0, 0.05) is 52.5 Å². The second-order valence-corrected chi connectivity index (χ2v) is 10.5. The topological polar surface area (TPSA) is 132 Å². The average Bonchev–Trinajstić information content (AvgIpc) is 3.61. The molecule has 2 aliphatic rings. The van der Waals surface area contributed by atoms with E-state index in [1.54, 1.807) is 9.58 Å². The Bertz CT molecular complexity index is 1680. The number of fused-ring (bicyclic) bond motifs is 3. The van der Waals surface area contributed by atoms with Crippen molar-refractivity contribution in [3.05, 3.63) is 70.2 Å². The number of nitrogens with two attached hydrogens (primary N) is 1. The van der Waals surface area contributed by atoms with Crippen molar-refractivity contribution in [2.75, 3.05) is 17.6 Å². The molecule has 3 N–H and O–H groups in total. The van der Waals surface area contributed by atoms with Crippen LogP contribution in [0.1, 0.15) is 29.2 Å². The molecule has 3 atom stereocenters. The van der Waals surface area contributed by atoms with E-state index in [0.717, 1.165) is 31.0 Å². The molecule has 1 aromatic carbocycles. The molecule has 1 aliphatic heterocycles. The molecule has 10 nitrogen and oxygen atoms in total. The minimum absolute atomic E-state index is 0.00332. The third-order valence-electron chi connectivity index (χ3n) is 7.22. The predicted octanol–water partition coefficient (Wildman–Crippen LogP) is 3.95. The van der Waals surface area contributed by atoms with Gasteiger partial charge in [-0.15, -0.1) is 0 Å². The zero-order valence-corrected chi connectivity index (χ0v) is 22.5. The van der Waals surface area contributed by atoms with Crippen molar-refractivity contribution in [3.8, 4) is 11.3 Å². The summed E-state index contributed by atoms with van der Waals surface area (Å²) in [5.41, 5.74) is 7.10. The number of carbonyl (C=O) groups excluding carboxylic acids is 2. The summed E-state index contributed by atoms with van der Waals surface area (Å²) in [5.74, 6) is -1.61. The van der Waals surface area contributed by atoms with Crippen LogP contribution in [-0.4, -0.2) is 54.0 Å². The second kappa shape index (κ2) is 9.63. The first kappa shape index (κ1) is 25.3. The monoisotopic (exact) mass is 642 g/mol. The predicted molar refractivity (Wildman–Crippen MR) is 147 cm³/mol. The van der Waals surface area contributed by atoms with Gasteiger partial charge in [-0.2, -0.15) is 5.10 Å². The summed E-state index contributed by atoms with van der Waals surface area (Å²) < 4.78 is 31.1. The van der Waals surface area contributed by atoms with Crippen molar-refractivity contribution in [2.45, 2.75) is 24.9 Å². The maximum atomic E-state index is 15.5. The first-order chi connectivity index (χ1) is 18.7. The molecule has 4 heterocycles. The zero-order valence-electron chi connectivity index (χ0n) is 20.3. The van der Waals surface area contributed by atoms with Crippen LogP contribution in [0.3, 0.4) is 0 Å². The number of nitrogens with one attached hydrogen (secondary N) is 1. The summed E-state index contributed by atoms with van der Waals surface area (Å²) in [6, 6.07) is 5.87. The number of carbonyl (C=O) groups is 2. The Kier molecular flexibility index (Phi) is 6.24. The van der Waals surface area contributed by atoms with Crippen LogP contribution in [0.25, 0.3) is 22.3 Å². The summed E-state index contributed by atoms with van der Waals surface area (Å²) >= 11 is 1.96. The Morgan fingerprint density at radius 1 is 1.15 bits per heavy atom. The smallest absolute Gasteiger partial charge is 0.256 e. The van der Waals surface area contributed by atoms with Gasteiger partial charge in [0.2, 0.25) is 5.91 Å². The van der Waals surface area contributed by atoms with Crippen LogP contribution >= 0.6 is 22.6 Å². The minimum Gasteiger partial charge on any atom is -0.383 e. The number of nitrogens with zero attached hydrogens (tertiary/aromatic N) is 6. The normalized spacial score (nSPS) is 20.0. The van der Waals surface area contributed by atoms with Gasteiger partial charge in [0.15, 0.2) is 9.48 Å². The molecule has 2 fully saturated rings. The molecular weight excluding hydrogens is 621 g/mol. The fourth-order valence-electron chi connectivity index (χ4n) is 5.59. The molecular formula is C26H21F2IN8O2. The van der Waals surface area contributed by atoms with Crippen LogP contribution < -0.4 is 11.1 Å². The summed E-state index contributed by atoms with van der Waals surface area (Å²) in [7, 11) is 0. The number of benzene rings is 1. The van der Waals surface area contributed by atoms with Gasteiger partial charge in [-0.3, -0.25) is 9.59 Å². The summed E-state index contributed by atoms with van der Waals surface area (Å²) in [4.78, 5) is 39.6. The number of pyridine rings is 1. The molecule has 2 amide bonds. The molecule has 1 saturated carbocycles. The molecule has 2 bridgehead atoms. The van der Waals surface area contributed by atoms with E-state index in [9.17, 15) is 14.0 Å². The lowest BCUT2D eigenvalue weighted by molar-refractivity contribution is -0.128. The van der Waals surface area contributed by atoms with Gasteiger partial charge in [-0.05, 0) is 49.1 Å². The lowest BCUT2D eigenvalue weighted by Crippen LogP contribution is -2.42. The quantitative estimate of drug-likeness (QED) is 0.192. The fraction of sp³-hybridized carbons (Fsp3) is 0.231. The fourth-order valence-corrected chi connectivity index (χ4v) is 6.08. The molecule has 13 heteroatoms. The first-order valence-corrected chi connectivity index (χ1v) is 13.2. The number of amides is 2. The van der Waals surface area contributed by atoms with Crippen molar-refractivity contribution >= 4 is 57.1 Å². The molecule has 198 valence electrons. The molecule has 0 radical (unpaired) electrons. The van der Waals surface area contributed by atoms with Crippen molar-refractivity contribution in [2.24, 2.45) is 5.92 Å². The van der Waals surface area contributed by atoms with E-state index in [1.807, 2.05) is 22.6 Å². The average molecular weight is 642 g/mol. The zero-order chi connectivity index (χ0) is 27.4. The van der Waals surface area contributed by atoms with Gasteiger partial charge < -0.3 is 16.0 Å². The molecule has 6 rings (SSSR count). The number of likely N-dealkylation sites (tertiary alicyclic amines) is 1. The van der Waals surface area contributed by atoms with Crippen LogP contribution in [0.2, 0.25) is 0 Å². The highest BCUT2D eigenvalue weighted by atomic mass is 127. The Balaban J connectivity index is 1.39. The molecule has 4 aromatic rings. The van der Waals surface area contributed by atoms with E-state index in [4.69, 9.17) is 10.8 Å². The van der Waals surface area contributed by atoms with Gasteiger partial charge in [-0.1, -0.05) is 6.58 Å². The highest BCUT2D eigenvalue weighted by Gasteiger charge is 2.48. The molecule has 1 saturated heterocycles. The largest absolute Gasteiger partial charge is 0.383 e. The lowest BCUT2D eigenvalue weighted by atomic mass is 10.1. The van der Waals surface area contributed by atoms with Crippen LogP contribution in [0.4, 0.5) is 20.4 Å². The summed E-state index contributed by atoms with van der Waals surface area (Å²) in [5, 5.41) is 7.61. The van der Waals surface area contributed by atoms with E-state index in [1.165, 1.54) is 24.4 Å². The van der Waals surface area contributed by atoms with Gasteiger partial charge in [0.05, 0.1) is 17.5 Å². The number of rotatable bonds is 5. The number of hydrogen-bond acceptors (Lipinski definition) is 7. The number of piperidine rings is 1. The number of anilines is 2. The van der Waals surface area contributed by atoms with E-state index < -0.39 is 17.5 Å². The Labute approximate surface area is 234 Å². The second-order valence-electron chi connectivity index (χ2n) is 9.54. The Morgan fingerprint density at radius 3 is 2.67 bits per heavy atom. The molecule has 3 aromatic heterocycles. The summed E-state index contributed by atoms with van der Waals surface area (Å²) in [6.07, 6.45) is 4.15. The van der Waals surface area contributed by atoms with E-state index >= 15 is 4.39 Å². The maximum absolute atomic E-state index is 15.5. The lowest BCUT2D eigenvalue weighted by Gasteiger charge is -2.32. The highest BCUT2D eigenvalue weighted by Crippen LogP contribution is 2.46. The summed E-state index contributed by atoms with van der Waals surface area (Å²) in [6.45, 7) is 4.28. The van der Waals surface area contributed by atoms with E-state index in [2.05, 4.69) is 26.8 Å². The standard InChI is InChI=1S/C26H21F2IN8O2/c1-2-20(38)36-11-12-7-17(36)18(8-12)37-24-21(23(30)33-26(29)34-24)22(35-37)15-4-3-13(9-16(15)28)25(39)32-19-10-14(27)5-6-31-19/h2-6,9-10,12,17-18H,1,7-8,11H2,(H2,30,33,34)(H,31,32,39)/t12-,17+,18+/m1/s1. The van der Waals surface area contributed by atoms with Crippen LogP contribution in [0.5, 0.6) is 0 Å². The molecule has 1 aliphatic carbocycles. The number of nitrogen functional groups attached to an aromatic ring is 1. The van der Waals surface area contributed by atoms with E-state index in [0.29, 0.717) is 27.3 Å². The number of aromatic nitrogens is 5. The third-order valence-corrected chi connectivity index (χ3v) is 7.71. The van der Waals surface area contributed by atoms with Crippen molar-refractivity contribution in [1.29, 1.82) is 0 Å². The van der Waals surface area contributed by atoms with Crippen LogP contribution in [0, 0.1) is 21.4 Å². The van der Waals surface area contributed by atoms with Gasteiger partial charge in [0.25, 0.3) is 5.91 Å². The van der Waals surface area contributed by atoms with Crippen molar-refractivity contribution in [1.82, 2.24) is 29.6 Å². The minimum atomic E-state index is -0.712. The SMILES string of the molecule is C=CC(=O)N1C[C@@H]2C[C@H]1[C@@H](n1nc(-c3ccc(C(=O)Nc4cc(F)ccn4)cc3F)c3c(N)nc(I)nc31)C2. The van der Waals surface area contributed by atoms with Gasteiger partial charge in [0.1, 0.15) is 29.0 Å². The number of hydrogen-bond donors (Lipinski definition) is 2. The van der Waals surface area contributed by atoms with Crippen molar-refractivity contribution < 1.29 is 18.4 Å². The maximum Gasteiger partial charge on any atom is 0.256 e.